The quantitative estimate of drug-likeness (QED) is 0.942. The van der Waals surface area contributed by atoms with E-state index in [4.69, 9.17) is 0 Å². The van der Waals surface area contributed by atoms with Crippen molar-refractivity contribution in [2.45, 2.75) is 26.4 Å². The van der Waals surface area contributed by atoms with Gasteiger partial charge in [-0.1, -0.05) is 19.9 Å². The summed E-state index contributed by atoms with van der Waals surface area (Å²) in [6, 6.07) is 6.41. The average Bonchev–Trinajstić information content (AvgIpc) is 2.74. The Morgan fingerprint density at radius 3 is 2.88 bits per heavy atom. The summed E-state index contributed by atoms with van der Waals surface area (Å²) >= 11 is 3.37. The minimum absolute atomic E-state index is 0.458. The standard InChI is InChI=1S/C12H15BrN4/c1-9(2)14-7-11-4-3-5-12(16-11)17-8-10(13)6-15-17/h3-6,8-9,14H,7H2,1-2H3. The second-order valence-corrected chi connectivity index (χ2v) is 5.04. The van der Waals surface area contributed by atoms with Gasteiger partial charge in [-0.05, 0) is 28.1 Å². The molecule has 0 saturated heterocycles. The van der Waals surface area contributed by atoms with E-state index in [1.54, 1.807) is 10.9 Å². The van der Waals surface area contributed by atoms with Gasteiger partial charge in [0.15, 0.2) is 5.82 Å². The van der Waals surface area contributed by atoms with Crippen LogP contribution in [-0.2, 0) is 6.54 Å². The number of nitrogens with zero attached hydrogens (tertiary/aromatic N) is 3. The Bertz CT molecular complexity index is 493. The number of pyridine rings is 1. The summed E-state index contributed by atoms with van der Waals surface area (Å²) in [5.41, 5.74) is 1.02. The van der Waals surface area contributed by atoms with E-state index in [9.17, 15) is 0 Å². The van der Waals surface area contributed by atoms with Crippen LogP contribution in [0.5, 0.6) is 0 Å². The van der Waals surface area contributed by atoms with Gasteiger partial charge in [-0.2, -0.15) is 5.10 Å². The molecule has 1 N–H and O–H groups in total. The summed E-state index contributed by atoms with van der Waals surface area (Å²) in [6.45, 7) is 5.01. The van der Waals surface area contributed by atoms with Crippen molar-refractivity contribution in [1.82, 2.24) is 20.1 Å². The molecular formula is C12H15BrN4. The van der Waals surface area contributed by atoms with Crippen molar-refractivity contribution in [2.75, 3.05) is 0 Å². The third kappa shape index (κ3) is 3.38. The summed E-state index contributed by atoms with van der Waals surface area (Å²) in [5.74, 6) is 0.832. The number of halogens is 1. The highest BCUT2D eigenvalue weighted by Crippen LogP contribution is 2.11. The summed E-state index contributed by atoms with van der Waals surface area (Å²) in [4.78, 5) is 4.55. The lowest BCUT2D eigenvalue weighted by molar-refractivity contribution is 0.580. The van der Waals surface area contributed by atoms with Gasteiger partial charge in [-0.3, -0.25) is 0 Å². The summed E-state index contributed by atoms with van der Waals surface area (Å²) in [5, 5.41) is 7.55. The van der Waals surface area contributed by atoms with Gasteiger partial charge < -0.3 is 5.32 Å². The normalized spacial score (nSPS) is 11.1. The van der Waals surface area contributed by atoms with Crippen LogP contribution >= 0.6 is 15.9 Å². The number of rotatable bonds is 4. The molecule has 0 saturated carbocycles. The number of nitrogens with one attached hydrogen (secondary N) is 1. The third-order valence-corrected chi connectivity index (χ3v) is 2.68. The van der Waals surface area contributed by atoms with Crippen molar-refractivity contribution >= 4 is 15.9 Å². The fraction of sp³-hybridized carbons (Fsp3) is 0.333. The maximum atomic E-state index is 4.55. The van der Waals surface area contributed by atoms with Crippen LogP contribution in [0.15, 0.2) is 35.1 Å². The van der Waals surface area contributed by atoms with Gasteiger partial charge in [0.05, 0.1) is 16.4 Å². The first-order valence-electron chi connectivity index (χ1n) is 5.55. The van der Waals surface area contributed by atoms with Crippen molar-refractivity contribution in [3.63, 3.8) is 0 Å². The molecule has 0 spiro atoms. The monoisotopic (exact) mass is 294 g/mol. The van der Waals surface area contributed by atoms with E-state index in [1.807, 2.05) is 24.4 Å². The second kappa shape index (κ2) is 5.42. The predicted octanol–water partition coefficient (Wildman–Crippen LogP) is 2.53. The molecule has 0 aliphatic carbocycles. The molecule has 0 aromatic carbocycles. The van der Waals surface area contributed by atoms with Crippen LogP contribution in [0.4, 0.5) is 0 Å². The summed E-state index contributed by atoms with van der Waals surface area (Å²) in [7, 11) is 0. The largest absolute Gasteiger partial charge is 0.309 e. The van der Waals surface area contributed by atoms with Crippen molar-refractivity contribution < 1.29 is 0 Å². The molecule has 2 aromatic heterocycles. The van der Waals surface area contributed by atoms with E-state index < -0.39 is 0 Å². The molecule has 0 atom stereocenters. The smallest absolute Gasteiger partial charge is 0.153 e. The third-order valence-electron chi connectivity index (χ3n) is 2.27. The molecule has 17 heavy (non-hydrogen) atoms. The van der Waals surface area contributed by atoms with E-state index in [2.05, 4.69) is 45.2 Å². The Labute approximate surface area is 109 Å². The Balaban J connectivity index is 2.16. The van der Waals surface area contributed by atoms with Gasteiger partial charge in [0.2, 0.25) is 0 Å². The predicted molar refractivity (Wildman–Crippen MR) is 71.0 cm³/mol. The van der Waals surface area contributed by atoms with Crippen LogP contribution in [0.3, 0.4) is 0 Å². The van der Waals surface area contributed by atoms with Crippen LogP contribution in [0.1, 0.15) is 19.5 Å². The lowest BCUT2D eigenvalue weighted by Gasteiger charge is -2.08. The van der Waals surface area contributed by atoms with Gasteiger partial charge in [0.25, 0.3) is 0 Å². The highest BCUT2D eigenvalue weighted by Gasteiger charge is 2.02. The van der Waals surface area contributed by atoms with Crippen molar-refractivity contribution in [3.8, 4) is 5.82 Å². The number of hydrogen-bond donors (Lipinski definition) is 1. The van der Waals surface area contributed by atoms with Gasteiger partial charge in [-0.25, -0.2) is 9.67 Å². The summed E-state index contributed by atoms with van der Waals surface area (Å²) in [6.07, 6.45) is 3.64. The minimum Gasteiger partial charge on any atom is -0.309 e. The van der Waals surface area contributed by atoms with Crippen molar-refractivity contribution in [3.05, 3.63) is 40.8 Å². The fourth-order valence-corrected chi connectivity index (χ4v) is 1.71. The topological polar surface area (TPSA) is 42.7 Å². The van der Waals surface area contributed by atoms with Crippen LogP contribution in [0.2, 0.25) is 0 Å². The maximum absolute atomic E-state index is 4.55. The highest BCUT2D eigenvalue weighted by atomic mass is 79.9. The Morgan fingerprint density at radius 1 is 1.41 bits per heavy atom. The first-order valence-corrected chi connectivity index (χ1v) is 6.34. The van der Waals surface area contributed by atoms with Crippen LogP contribution < -0.4 is 5.32 Å². The molecule has 2 rings (SSSR count). The molecular weight excluding hydrogens is 280 g/mol. The molecule has 2 aromatic rings. The van der Waals surface area contributed by atoms with Gasteiger partial charge >= 0.3 is 0 Å². The Kier molecular flexibility index (Phi) is 3.91. The first-order chi connectivity index (χ1) is 8.15. The Morgan fingerprint density at radius 2 is 2.24 bits per heavy atom. The van der Waals surface area contributed by atoms with Gasteiger partial charge in [0.1, 0.15) is 0 Å². The zero-order valence-electron chi connectivity index (χ0n) is 9.89. The van der Waals surface area contributed by atoms with Crippen LogP contribution in [-0.4, -0.2) is 20.8 Å². The van der Waals surface area contributed by atoms with Gasteiger partial charge in [0, 0.05) is 18.8 Å². The molecule has 0 amide bonds. The number of aromatic nitrogens is 3. The Hall–Kier alpha value is -1.20. The van der Waals surface area contributed by atoms with Crippen molar-refractivity contribution in [1.29, 1.82) is 0 Å². The van der Waals surface area contributed by atoms with E-state index >= 15 is 0 Å². The van der Waals surface area contributed by atoms with Gasteiger partial charge in [-0.15, -0.1) is 0 Å². The molecule has 0 bridgehead atoms. The lowest BCUT2D eigenvalue weighted by Crippen LogP contribution is -2.22. The SMILES string of the molecule is CC(C)NCc1cccc(-n2cc(Br)cn2)n1. The second-order valence-electron chi connectivity index (χ2n) is 4.13. The van der Waals surface area contributed by atoms with Crippen LogP contribution in [0.25, 0.3) is 5.82 Å². The zero-order chi connectivity index (χ0) is 12.3. The van der Waals surface area contributed by atoms with E-state index in [0.29, 0.717) is 6.04 Å². The average molecular weight is 295 g/mol. The lowest BCUT2D eigenvalue weighted by atomic mass is 10.3. The fourth-order valence-electron chi connectivity index (χ4n) is 1.43. The molecule has 5 heteroatoms. The zero-order valence-corrected chi connectivity index (χ0v) is 11.5. The summed E-state index contributed by atoms with van der Waals surface area (Å²) < 4.78 is 2.70. The molecule has 2 heterocycles. The number of hydrogen-bond acceptors (Lipinski definition) is 3. The molecule has 0 aliphatic heterocycles. The van der Waals surface area contributed by atoms with Crippen molar-refractivity contribution in [2.24, 2.45) is 0 Å². The molecule has 0 unspecified atom stereocenters. The molecule has 90 valence electrons. The minimum atomic E-state index is 0.458. The molecule has 0 fully saturated rings. The van der Waals surface area contributed by atoms with Crippen LogP contribution in [0, 0.1) is 0 Å². The maximum Gasteiger partial charge on any atom is 0.153 e. The van der Waals surface area contributed by atoms with E-state index in [1.165, 1.54) is 0 Å². The van der Waals surface area contributed by atoms with E-state index in [0.717, 1.165) is 22.5 Å². The highest BCUT2D eigenvalue weighted by molar-refractivity contribution is 9.10. The first kappa shape index (κ1) is 12.3. The molecule has 0 aliphatic rings. The molecule has 0 radical (unpaired) electrons. The van der Waals surface area contributed by atoms with E-state index in [-0.39, 0.29) is 0 Å². The molecule has 4 nitrogen and oxygen atoms in total.